The number of carbonyl (C=O) groups is 2. The molecule has 0 amide bonds. The molecule has 0 heterocycles. The molecule has 28 heavy (non-hydrogen) atoms. The Morgan fingerprint density at radius 3 is 2.32 bits per heavy atom. The number of Topliss-reactive ketones (excluding diaryl/α,β-unsaturated/α-hetero) is 1. The smallest absolute Gasteiger partial charge is 0.362 e. The van der Waals surface area contributed by atoms with Gasteiger partial charge in [-0.3, -0.25) is 4.79 Å². The summed E-state index contributed by atoms with van der Waals surface area (Å²) >= 11 is 4.72. The average Bonchev–Trinajstić information content (AvgIpc) is 2.68. The Hall–Kier alpha value is -2.45. The summed E-state index contributed by atoms with van der Waals surface area (Å²) in [5.41, 5.74) is 0.746. The molecule has 0 saturated heterocycles. The van der Waals surface area contributed by atoms with Crippen LogP contribution in [0.4, 0.5) is 5.69 Å². The van der Waals surface area contributed by atoms with Gasteiger partial charge in [-0.1, -0.05) is 15.9 Å². The highest BCUT2D eigenvalue weighted by molar-refractivity contribution is 9.10. The molecule has 8 heteroatoms. The van der Waals surface area contributed by atoms with Crippen LogP contribution < -0.4 is 0 Å². The fourth-order valence-corrected chi connectivity index (χ4v) is 3.07. The first kappa shape index (κ1) is 21.8. The van der Waals surface area contributed by atoms with Crippen molar-refractivity contribution in [2.45, 2.75) is 18.7 Å². The molecule has 146 valence electrons. The molecular weight excluding hydrogens is 444 g/mol. The van der Waals surface area contributed by atoms with Crippen molar-refractivity contribution in [3.05, 3.63) is 70.0 Å². The number of azo groups is 1. The third-order valence-corrected chi connectivity index (χ3v) is 5.02. The highest BCUT2D eigenvalue weighted by Gasteiger charge is 2.17. The van der Waals surface area contributed by atoms with Gasteiger partial charge in [-0.2, -0.15) is 5.11 Å². The summed E-state index contributed by atoms with van der Waals surface area (Å²) in [5.74, 6) is -0.896. The molecule has 0 atom stereocenters. The fourth-order valence-electron chi connectivity index (χ4n) is 2.04. The van der Waals surface area contributed by atoms with Crippen molar-refractivity contribution < 1.29 is 19.4 Å². The molecule has 1 N–H and O–H groups in total. The van der Waals surface area contributed by atoms with Crippen LogP contribution in [0.15, 0.2) is 79.6 Å². The maximum absolute atomic E-state index is 12.2. The second kappa shape index (κ2) is 10.8. The van der Waals surface area contributed by atoms with Crippen molar-refractivity contribution in [3.63, 3.8) is 0 Å². The average molecular weight is 463 g/mol. The van der Waals surface area contributed by atoms with Crippen molar-refractivity contribution in [1.29, 1.82) is 0 Å². The molecule has 0 aliphatic rings. The molecule has 2 aromatic carbocycles. The lowest BCUT2D eigenvalue weighted by Crippen LogP contribution is -2.09. The minimum Gasteiger partial charge on any atom is -0.509 e. The lowest BCUT2D eigenvalue weighted by Gasteiger charge is -2.06. The zero-order valence-corrected chi connectivity index (χ0v) is 17.8. The van der Waals surface area contributed by atoms with E-state index in [2.05, 4.69) is 26.2 Å². The molecule has 0 bridgehead atoms. The highest BCUT2D eigenvalue weighted by Crippen LogP contribution is 2.24. The number of ether oxygens (including phenoxy) is 1. The van der Waals surface area contributed by atoms with Crippen LogP contribution in [-0.2, 0) is 9.53 Å². The molecule has 0 aliphatic carbocycles. The summed E-state index contributed by atoms with van der Waals surface area (Å²) in [6.45, 7) is 3.29. The molecule has 0 fully saturated rings. The number of thioether (sulfide) groups is 1. The Kier molecular flexibility index (Phi) is 8.41. The van der Waals surface area contributed by atoms with E-state index in [-0.39, 0.29) is 29.6 Å². The second-order valence-electron chi connectivity index (χ2n) is 5.56. The zero-order valence-electron chi connectivity index (χ0n) is 15.4. The van der Waals surface area contributed by atoms with Crippen LogP contribution in [-0.4, -0.2) is 29.2 Å². The number of benzene rings is 2. The van der Waals surface area contributed by atoms with Gasteiger partial charge >= 0.3 is 5.97 Å². The van der Waals surface area contributed by atoms with Crippen LogP contribution in [0.1, 0.15) is 24.2 Å². The Bertz CT molecular complexity index is 893. The zero-order chi connectivity index (χ0) is 20.5. The first-order valence-electron chi connectivity index (χ1n) is 8.41. The molecule has 0 radical (unpaired) electrons. The lowest BCUT2D eigenvalue weighted by molar-refractivity contribution is -0.138. The monoisotopic (exact) mass is 462 g/mol. The molecule has 0 spiro atoms. The van der Waals surface area contributed by atoms with Crippen molar-refractivity contribution in [1.82, 2.24) is 0 Å². The van der Waals surface area contributed by atoms with Crippen molar-refractivity contribution >= 4 is 45.1 Å². The predicted molar refractivity (Wildman–Crippen MR) is 112 cm³/mol. The third-order valence-electron chi connectivity index (χ3n) is 3.47. The largest absolute Gasteiger partial charge is 0.509 e. The maximum Gasteiger partial charge on any atom is 0.362 e. The summed E-state index contributed by atoms with van der Waals surface area (Å²) < 4.78 is 5.91. The van der Waals surface area contributed by atoms with Crippen LogP contribution in [0.25, 0.3) is 0 Å². The minimum absolute atomic E-state index is 0.0572. The standard InChI is InChI=1S/C20H19BrN2O4S/c1-3-27-20(26)19(18(25)12-28-17-10-6-15(21)7-11-17)23-22-16-8-4-14(5-9-16)13(2)24/h4-11,25H,3,12H2,1-2H3/b19-18-,23-22?. The number of ketones is 1. The number of esters is 1. The molecule has 0 aromatic heterocycles. The van der Waals surface area contributed by atoms with Crippen LogP contribution >= 0.6 is 27.7 Å². The third kappa shape index (κ3) is 6.61. The number of hydrogen-bond donors (Lipinski definition) is 1. The maximum atomic E-state index is 12.2. The lowest BCUT2D eigenvalue weighted by atomic mass is 10.1. The van der Waals surface area contributed by atoms with Gasteiger partial charge in [-0.15, -0.1) is 16.9 Å². The fraction of sp³-hybridized carbons (Fsp3) is 0.200. The molecule has 6 nitrogen and oxygen atoms in total. The van der Waals surface area contributed by atoms with Gasteiger partial charge in [0.2, 0.25) is 5.70 Å². The Morgan fingerprint density at radius 2 is 1.75 bits per heavy atom. The van der Waals surface area contributed by atoms with Gasteiger partial charge in [-0.05, 0) is 62.4 Å². The number of carbonyl (C=O) groups excluding carboxylic acids is 2. The SMILES string of the molecule is CCOC(=O)/C(N=Nc1ccc(C(C)=O)cc1)=C(/O)CSc1ccc(Br)cc1. The number of aliphatic hydroxyl groups excluding tert-OH is 1. The van der Waals surface area contributed by atoms with Gasteiger partial charge in [-0.25, -0.2) is 4.79 Å². The number of halogens is 1. The van der Waals surface area contributed by atoms with E-state index in [9.17, 15) is 14.7 Å². The normalized spacial score (nSPS) is 12.0. The van der Waals surface area contributed by atoms with Gasteiger partial charge in [0.05, 0.1) is 18.0 Å². The first-order valence-corrected chi connectivity index (χ1v) is 10.2. The minimum atomic E-state index is -0.750. The predicted octanol–water partition coefficient (Wildman–Crippen LogP) is 5.86. The van der Waals surface area contributed by atoms with Crippen molar-refractivity contribution in [2.75, 3.05) is 12.4 Å². The van der Waals surface area contributed by atoms with E-state index < -0.39 is 5.97 Å². The van der Waals surface area contributed by atoms with E-state index in [0.29, 0.717) is 11.3 Å². The first-order chi connectivity index (χ1) is 13.4. The molecular formula is C20H19BrN2O4S. The number of rotatable bonds is 8. The van der Waals surface area contributed by atoms with Crippen molar-refractivity contribution in [3.8, 4) is 0 Å². The van der Waals surface area contributed by atoms with Gasteiger partial charge in [0, 0.05) is 14.9 Å². The molecule has 2 rings (SSSR count). The number of aliphatic hydroxyl groups is 1. The molecule has 0 aliphatic heterocycles. The molecule has 0 saturated carbocycles. The summed E-state index contributed by atoms with van der Waals surface area (Å²) in [7, 11) is 0. The second-order valence-corrected chi connectivity index (χ2v) is 7.53. The van der Waals surface area contributed by atoms with E-state index in [4.69, 9.17) is 4.74 Å². The van der Waals surface area contributed by atoms with E-state index >= 15 is 0 Å². The van der Waals surface area contributed by atoms with Gasteiger partial charge in [0.1, 0.15) is 5.76 Å². The topological polar surface area (TPSA) is 88.3 Å². The van der Waals surface area contributed by atoms with E-state index in [1.807, 2.05) is 24.3 Å². The number of hydrogen-bond acceptors (Lipinski definition) is 7. The summed E-state index contributed by atoms with van der Waals surface area (Å²) in [6.07, 6.45) is 0. The summed E-state index contributed by atoms with van der Waals surface area (Å²) in [6, 6.07) is 14.0. The van der Waals surface area contributed by atoms with Gasteiger partial charge < -0.3 is 9.84 Å². The van der Waals surface area contributed by atoms with Crippen LogP contribution in [0.3, 0.4) is 0 Å². The Morgan fingerprint density at radius 1 is 1.11 bits per heavy atom. The van der Waals surface area contributed by atoms with Crippen LogP contribution in [0.2, 0.25) is 0 Å². The molecule has 2 aromatic rings. The van der Waals surface area contributed by atoms with Crippen molar-refractivity contribution in [2.24, 2.45) is 10.2 Å². The van der Waals surface area contributed by atoms with Gasteiger partial charge in [0.15, 0.2) is 5.78 Å². The summed E-state index contributed by atoms with van der Waals surface area (Å²) in [4.78, 5) is 24.4. The Labute approximate surface area is 175 Å². The van der Waals surface area contributed by atoms with Crippen LogP contribution in [0, 0.1) is 0 Å². The summed E-state index contributed by atoms with van der Waals surface area (Å²) in [5, 5.41) is 18.2. The van der Waals surface area contributed by atoms with E-state index in [1.165, 1.54) is 18.7 Å². The Balaban J connectivity index is 2.19. The highest BCUT2D eigenvalue weighted by atomic mass is 79.9. The molecule has 0 unspecified atom stereocenters. The van der Waals surface area contributed by atoms with E-state index in [0.717, 1.165) is 9.37 Å². The number of nitrogens with zero attached hydrogens (tertiary/aromatic N) is 2. The van der Waals surface area contributed by atoms with Gasteiger partial charge in [0.25, 0.3) is 0 Å². The van der Waals surface area contributed by atoms with E-state index in [1.54, 1.807) is 31.2 Å². The van der Waals surface area contributed by atoms with Crippen LogP contribution in [0.5, 0.6) is 0 Å². The quantitative estimate of drug-likeness (QED) is 0.132.